The number of aromatic nitrogens is 1. The maximum Gasteiger partial charge on any atom is 0.226 e. The topological polar surface area (TPSA) is 34.5 Å². The fraction of sp³-hybridized carbons (Fsp3) is 0.542. The zero-order valence-corrected chi connectivity index (χ0v) is 17.4. The van der Waals surface area contributed by atoms with E-state index in [0.717, 1.165) is 44.5 Å². The number of carbonyl (C=O) groups is 1. The van der Waals surface area contributed by atoms with Gasteiger partial charge in [0.15, 0.2) is 0 Å². The fourth-order valence-electron chi connectivity index (χ4n) is 4.13. The van der Waals surface area contributed by atoms with E-state index in [9.17, 15) is 4.79 Å². The lowest BCUT2D eigenvalue weighted by Crippen LogP contribution is -2.37. The summed E-state index contributed by atoms with van der Waals surface area (Å²) in [4.78, 5) is 15.3. The van der Waals surface area contributed by atoms with Gasteiger partial charge in [-0.25, -0.2) is 0 Å². The third-order valence-electron chi connectivity index (χ3n) is 5.81. The molecule has 1 fully saturated rings. The molecule has 0 unspecified atom stereocenters. The molecule has 0 spiro atoms. The highest BCUT2D eigenvalue weighted by atomic mass is 16.5. The number of ether oxygens (including phenoxy) is 1. The predicted molar refractivity (Wildman–Crippen MR) is 113 cm³/mol. The number of amides is 1. The van der Waals surface area contributed by atoms with E-state index in [0.29, 0.717) is 12.5 Å². The second-order valence-corrected chi connectivity index (χ2v) is 7.93. The summed E-state index contributed by atoms with van der Waals surface area (Å²) in [5.74, 6) is 1.47. The Hall–Kier alpha value is -2.23. The zero-order chi connectivity index (χ0) is 19.8. The van der Waals surface area contributed by atoms with Crippen LogP contribution in [0.3, 0.4) is 0 Å². The molecule has 3 rings (SSSR count). The maximum atomic E-state index is 13.2. The molecular weight excluding hydrogens is 348 g/mol. The molecule has 2 aromatic rings. The van der Waals surface area contributed by atoms with Crippen LogP contribution in [0.4, 0.5) is 0 Å². The predicted octanol–water partition coefficient (Wildman–Crippen LogP) is 5.25. The first-order chi connectivity index (χ1) is 13.7. The first-order valence-corrected chi connectivity index (χ1v) is 10.8. The lowest BCUT2D eigenvalue weighted by atomic mass is 9.88. The van der Waals surface area contributed by atoms with Crippen molar-refractivity contribution in [3.63, 3.8) is 0 Å². The summed E-state index contributed by atoms with van der Waals surface area (Å²) in [6.07, 6.45) is 10.1. The van der Waals surface area contributed by atoms with Gasteiger partial charge in [-0.1, -0.05) is 44.7 Å². The molecule has 1 amide bonds. The van der Waals surface area contributed by atoms with E-state index >= 15 is 0 Å². The molecule has 1 aromatic carbocycles. The van der Waals surface area contributed by atoms with Gasteiger partial charge in [-0.3, -0.25) is 4.79 Å². The zero-order valence-electron chi connectivity index (χ0n) is 17.4. The van der Waals surface area contributed by atoms with Crippen LogP contribution in [0.5, 0.6) is 5.75 Å². The van der Waals surface area contributed by atoms with E-state index < -0.39 is 0 Å². The van der Waals surface area contributed by atoms with E-state index in [4.69, 9.17) is 4.74 Å². The molecule has 1 aliphatic rings. The third kappa shape index (κ3) is 5.40. The number of unbranched alkanes of at least 4 members (excludes halogenated alkanes) is 1. The third-order valence-corrected chi connectivity index (χ3v) is 5.81. The summed E-state index contributed by atoms with van der Waals surface area (Å²) in [5.41, 5.74) is 2.40. The Morgan fingerprint density at radius 1 is 1.18 bits per heavy atom. The lowest BCUT2D eigenvalue weighted by Gasteiger charge is -2.30. The minimum Gasteiger partial charge on any atom is -0.497 e. The molecule has 0 aliphatic heterocycles. The van der Waals surface area contributed by atoms with Gasteiger partial charge in [0.25, 0.3) is 0 Å². The molecule has 28 heavy (non-hydrogen) atoms. The van der Waals surface area contributed by atoms with Crippen molar-refractivity contribution in [1.29, 1.82) is 0 Å². The van der Waals surface area contributed by atoms with Crippen LogP contribution in [0, 0.1) is 5.92 Å². The summed E-state index contributed by atoms with van der Waals surface area (Å²) >= 11 is 0. The highest BCUT2D eigenvalue weighted by molar-refractivity contribution is 5.78. The van der Waals surface area contributed by atoms with Crippen LogP contribution in [0.15, 0.2) is 42.6 Å². The standard InChI is InChI=1S/C24H34N2O2/c1-3-4-15-26(24(27)21-11-6-5-7-12-21)19-22-13-9-16-25(22)18-20-10-8-14-23(17-20)28-2/h8-10,13-14,16-17,21H,3-7,11-12,15,18-19H2,1-2H3. The number of carbonyl (C=O) groups excluding carboxylic acids is 1. The minimum atomic E-state index is 0.229. The number of rotatable bonds is 9. The highest BCUT2D eigenvalue weighted by Gasteiger charge is 2.26. The van der Waals surface area contributed by atoms with Gasteiger partial charge in [-0.05, 0) is 49.1 Å². The Kier molecular flexibility index (Phi) is 7.58. The molecular formula is C24H34N2O2. The van der Waals surface area contributed by atoms with E-state index in [-0.39, 0.29) is 5.92 Å². The highest BCUT2D eigenvalue weighted by Crippen LogP contribution is 2.26. The molecule has 4 nitrogen and oxygen atoms in total. The minimum absolute atomic E-state index is 0.229. The van der Waals surface area contributed by atoms with Crippen LogP contribution >= 0.6 is 0 Å². The number of methoxy groups -OCH3 is 1. The van der Waals surface area contributed by atoms with Crippen molar-refractivity contribution in [2.45, 2.75) is 65.0 Å². The number of benzene rings is 1. The second kappa shape index (κ2) is 10.4. The maximum absolute atomic E-state index is 13.2. The first-order valence-electron chi connectivity index (χ1n) is 10.8. The van der Waals surface area contributed by atoms with Crippen LogP contribution < -0.4 is 4.74 Å². The first kappa shape index (κ1) is 20.5. The van der Waals surface area contributed by atoms with E-state index in [1.54, 1.807) is 7.11 Å². The normalized spacial score (nSPS) is 14.8. The van der Waals surface area contributed by atoms with Gasteiger partial charge in [0, 0.05) is 30.9 Å². The summed E-state index contributed by atoms with van der Waals surface area (Å²) < 4.78 is 7.60. The molecule has 1 aliphatic carbocycles. The quantitative estimate of drug-likeness (QED) is 0.593. The largest absolute Gasteiger partial charge is 0.497 e. The lowest BCUT2D eigenvalue weighted by molar-refractivity contribution is -0.137. The average molecular weight is 383 g/mol. The van der Waals surface area contributed by atoms with Crippen LogP contribution in [-0.4, -0.2) is 29.0 Å². The molecule has 4 heteroatoms. The molecule has 152 valence electrons. The van der Waals surface area contributed by atoms with E-state index in [1.165, 1.54) is 30.5 Å². The molecule has 0 N–H and O–H groups in total. The van der Waals surface area contributed by atoms with Crippen molar-refractivity contribution in [3.05, 3.63) is 53.9 Å². The Labute approximate surface area is 169 Å². The fourth-order valence-corrected chi connectivity index (χ4v) is 4.13. The van der Waals surface area contributed by atoms with E-state index in [1.807, 2.05) is 12.1 Å². The summed E-state index contributed by atoms with van der Waals surface area (Å²) in [6, 6.07) is 12.4. The Balaban J connectivity index is 1.72. The van der Waals surface area contributed by atoms with Crippen LogP contribution in [0.1, 0.15) is 63.1 Å². The monoisotopic (exact) mass is 382 g/mol. The SMILES string of the molecule is CCCCN(Cc1cccn1Cc1cccc(OC)c1)C(=O)C1CCCCC1. The molecule has 0 atom stereocenters. The van der Waals surface area contributed by atoms with Crippen LogP contribution in [-0.2, 0) is 17.9 Å². The number of hydrogen-bond donors (Lipinski definition) is 0. The van der Waals surface area contributed by atoms with Crippen LogP contribution in [0.25, 0.3) is 0 Å². The van der Waals surface area contributed by atoms with Gasteiger partial charge < -0.3 is 14.2 Å². The molecule has 0 radical (unpaired) electrons. The summed E-state index contributed by atoms with van der Waals surface area (Å²) in [5, 5.41) is 0. The van der Waals surface area contributed by atoms with Gasteiger partial charge in [0.05, 0.1) is 13.7 Å². The van der Waals surface area contributed by atoms with Crippen molar-refractivity contribution in [2.75, 3.05) is 13.7 Å². The molecule has 1 aromatic heterocycles. The number of nitrogens with zero attached hydrogens (tertiary/aromatic N) is 2. The molecule has 0 saturated heterocycles. The van der Waals surface area contributed by atoms with Crippen molar-refractivity contribution in [3.8, 4) is 5.75 Å². The second-order valence-electron chi connectivity index (χ2n) is 7.93. The van der Waals surface area contributed by atoms with Gasteiger partial charge in [-0.2, -0.15) is 0 Å². The van der Waals surface area contributed by atoms with E-state index in [2.05, 4.69) is 46.9 Å². The molecule has 1 saturated carbocycles. The summed E-state index contributed by atoms with van der Waals surface area (Å²) in [7, 11) is 1.70. The van der Waals surface area contributed by atoms with Crippen molar-refractivity contribution in [2.24, 2.45) is 5.92 Å². The summed E-state index contributed by atoms with van der Waals surface area (Å²) in [6.45, 7) is 4.54. The van der Waals surface area contributed by atoms with Gasteiger partial charge in [0.2, 0.25) is 5.91 Å². The van der Waals surface area contributed by atoms with Crippen molar-refractivity contribution in [1.82, 2.24) is 9.47 Å². The van der Waals surface area contributed by atoms with Crippen LogP contribution in [0.2, 0.25) is 0 Å². The molecule has 1 heterocycles. The van der Waals surface area contributed by atoms with Gasteiger partial charge in [0.1, 0.15) is 5.75 Å². The Bertz CT molecular complexity index is 747. The van der Waals surface area contributed by atoms with Crippen molar-refractivity contribution < 1.29 is 9.53 Å². The van der Waals surface area contributed by atoms with Gasteiger partial charge >= 0.3 is 0 Å². The smallest absolute Gasteiger partial charge is 0.226 e. The Morgan fingerprint density at radius 3 is 2.75 bits per heavy atom. The average Bonchev–Trinajstić information content (AvgIpc) is 3.17. The number of hydrogen-bond acceptors (Lipinski definition) is 2. The van der Waals surface area contributed by atoms with Crippen molar-refractivity contribution >= 4 is 5.91 Å². The molecule has 0 bridgehead atoms. The van der Waals surface area contributed by atoms with Gasteiger partial charge in [-0.15, -0.1) is 0 Å². The Morgan fingerprint density at radius 2 is 2.00 bits per heavy atom.